The van der Waals surface area contributed by atoms with Gasteiger partial charge in [-0.3, -0.25) is 9.78 Å². The highest BCUT2D eigenvalue weighted by Gasteiger charge is 2.17. The van der Waals surface area contributed by atoms with Crippen molar-refractivity contribution in [3.63, 3.8) is 0 Å². The van der Waals surface area contributed by atoms with Gasteiger partial charge in [0.25, 0.3) is 0 Å². The van der Waals surface area contributed by atoms with E-state index in [9.17, 15) is 9.18 Å². The van der Waals surface area contributed by atoms with Crippen LogP contribution in [-0.4, -0.2) is 16.9 Å². The van der Waals surface area contributed by atoms with Crippen LogP contribution in [0.4, 0.5) is 10.1 Å². The van der Waals surface area contributed by atoms with Gasteiger partial charge in [-0.05, 0) is 31.2 Å². The molecule has 2 unspecified atom stereocenters. The summed E-state index contributed by atoms with van der Waals surface area (Å²) >= 11 is 0. The van der Waals surface area contributed by atoms with Crippen LogP contribution < -0.4 is 15.8 Å². The Bertz CT molecular complexity index is 672. The molecule has 2 rings (SSSR count). The van der Waals surface area contributed by atoms with E-state index in [-0.39, 0.29) is 55.0 Å². The SMILES string of the molecule is CC(N)C(C)C(=O)Nc1ccc(OCc2ccccn2)c(F)c1.Cl.Cl. The molecule has 3 N–H and O–H groups in total. The summed E-state index contributed by atoms with van der Waals surface area (Å²) in [7, 11) is 0. The number of amides is 1. The van der Waals surface area contributed by atoms with Crippen LogP contribution in [0.3, 0.4) is 0 Å². The largest absolute Gasteiger partial charge is 0.484 e. The number of benzene rings is 1. The standard InChI is InChI=1S/C17H20FN3O2.2ClH/c1-11(12(2)19)17(22)21-13-6-7-16(15(18)9-13)23-10-14-5-3-4-8-20-14;;/h3-9,11-12H,10,19H2,1-2H3,(H,21,22);2*1H. The zero-order chi connectivity index (χ0) is 16.8. The lowest BCUT2D eigenvalue weighted by molar-refractivity contribution is -0.119. The van der Waals surface area contributed by atoms with E-state index >= 15 is 0 Å². The molecular formula is C17H22Cl2FN3O2. The highest BCUT2D eigenvalue weighted by atomic mass is 35.5. The van der Waals surface area contributed by atoms with Crippen LogP contribution in [0.15, 0.2) is 42.6 Å². The van der Waals surface area contributed by atoms with E-state index in [1.165, 1.54) is 12.1 Å². The minimum atomic E-state index is -0.549. The summed E-state index contributed by atoms with van der Waals surface area (Å²) in [5, 5.41) is 2.64. The number of nitrogens with zero attached hydrogens (tertiary/aromatic N) is 1. The van der Waals surface area contributed by atoms with E-state index in [0.29, 0.717) is 11.4 Å². The Morgan fingerprint density at radius 1 is 1.28 bits per heavy atom. The second-order valence-electron chi connectivity index (χ2n) is 5.39. The topological polar surface area (TPSA) is 77.2 Å². The first-order valence-corrected chi connectivity index (χ1v) is 7.36. The molecule has 2 aromatic rings. The number of hydrogen-bond donors (Lipinski definition) is 2. The van der Waals surface area contributed by atoms with Gasteiger partial charge in [0.05, 0.1) is 11.6 Å². The third-order valence-corrected chi connectivity index (χ3v) is 3.50. The highest BCUT2D eigenvalue weighted by molar-refractivity contribution is 5.92. The molecule has 0 aliphatic heterocycles. The summed E-state index contributed by atoms with van der Waals surface area (Å²) in [5.74, 6) is -1.05. The maximum Gasteiger partial charge on any atom is 0.228 e. The first-order chi connectivity index (χ1) is 11.0. The van der Waals surface area contributed by atoms with Crippen molar-refractivity contribution in [2.75, 3.05) is 5.32 Å². The number of rotatable bonds is 6. The fourth-order valence-corrected chi connectivity index (χ4v) is 1.83. The lowest BCUT2D eigenvalue weighted by Crippen LogP contribution is -2.34. The number of carbonyl (C=O) groups excluding carboxylic acids is 1. The number of nitrogens with one attached hydrogen (secondary N) is 1. The molecule has 0 fully saturated rings. The van der Waals surface area contributed by atoms with E-state index < -0.39 is 5.82 Å². The fourth-order valence-electron chi connectivity index (χ4n) is 1.83. The number of pyridine rings is 1. The van der Waals surface area contributed by atoms with Crippen LogP contribution in [0.1, 0.15) is 19.5 Å². The highest BCUT2D eigenvalue weighted by Crippen LogP contribution is 2.22. The van der Waals surface area contributed by atoms with Crippen LogP contribution in [0.5, 0.6) is 5.75 Å². The minimum absolute atomic E-state index is 0. The number of ether oxygens (including phenoxy) is 1. The van der Waals surface area contributed by atoms with Crippen LogP contribution in [-0.2, 0) is 11.4 Å². The van der Waals surface area contributed by atoms with Crippen molar-refractivity contribution < 1.29 is 13.9 Å². The maximum atomic E-state index is 14.0. The Hall–Kier alpha value is -1.89. The molecule has 0 bridgehead atoms. The van der Waals surface area contributed by atoms with E-state index in [2.05, 4.69) is 10.3 Å². The second-order valence-corrected chi connectivity index (χ2v) is 5.39. The Balaban J connectivity index is 0.00000288. The third kappa shape index (κ3) is 6.86. The van der Waals surface area contributed by atoms with Gasteiger partial charge in [-0.2, -0.15) is 0 Å². The average molecular weight is 390 g/mol. The van der Waals surface area contributed by atoms with Gasteiger partial charge in [0.2, 0.25) is 5.91 Å². The molecule has 1 aromatic heterocycles. The molecule has 1 amide bonds. The van der Waals surface area contributed by atoms with Crippen LogP contribution in [0.2, 0.25) is 0 Å². The Morgan fingerprint density at radius 2 is 2.00 bits per heavy atom. The third-order valence-electron chi connectivity index (χ3n) is 3.50. The summed E-state index contributed by atoms with van der Waals surface area (Å²) in [5.41, 5.74) is 6.75. The molecule has 0 radical (unpaired) electrons. The van der Waals surface area contributed by atoms with E-state index in [1.807, 2.05) is 6.07 Å². The number of nitrogens with two attached hydrogens (primary N) is 1. The van der Waals surface area contributed by atoms with Crippen LogP contribution in [0, 0.1) is 11.7 Å². The summed E-state index contributed by atoms with van der Waals surface area (Å²) in [4.78, 5) is 16.0. The van der Waals surface area contributed by atoms with Gasteiger partial charge in [-0.25, -0.2) is 4.39 Å². The lowest BCUT2D eigenvalue weighted by Gasteiger charge is -2.15. The minimum Gasteiger partial charge on any atom is -0.484 e. The number of halogens is 3. The van der Waals surface area contributed by atoms with Crippen molar-refractivity contribution in [1.82, 2.24) is 4.98 Å². The molecule has 0 saturated carbocycles. The normalized spacial score (nSPS) is 12.2. The van der Waals surface area contributed by atoms with Gasteiger partial charge in [0.15, 0.2) is 11.6 Å². The summed E-state index contributed by atoms with van der Waals surface area (Å²) in [6.45, 7) is 3.64. The molecule has 5 nitrogen and oxygen atoms in total. The van der Waals surface area contributed by atoms with Crippen molar-refractivity contribution in [3.05, 3.63) is 54.1 Å². The molecule has 0 spiro atoms. The molecule has 1 heterocycles. The first kappa shape index (κ1) is 23.1. The lowest BCUT2D eigenvalue weighted by atomic mass is 10.0. The zero-order valence-corrected chi connectivity index (χ0v) is 15.6. The second kappa shape index (κ2) is 10.9. The van der Waals surface area contributed by atoms with Crippen molar-refractivity contribution in [1.29, 1.82) is 0 Å². The van der Waals surface area contributed by atoms with Crippen molar-refractivity contribution >= 4 is 36.4 Å². The van der Waals surface area contributed by atoms with E-state index in [4.69, 9.17) is 10.5 Å². The first-order valence-electron chi connectivity index (χ1n) is 7.36. The van der Waals surface area contributed by atoms with E-state index in [0.717, 1.165) is 0 Å². The molecule has 138 valence electrons. The Kier molecular flexibility index (Phi) is 10.0. The predicted octanol–water partition coefficient (Wildman–Crippen LogP) is 3.57. The van der Waals surface area contributed by atoms with Crippen LogP contribution in [0.25, 0.3) is 0 Å². The van der Waals surface area contributed by atoms with Gasteiger partial charge in [-0.1, -0.05) is 13.0 Å². The Morgan fingerprint density at radius 3 is 2.56 bits per heavy atom. The number of aromatic nitrogens is 1. The van der Waals surface area contributed by atoms with Crippen molar-refractivity contribution in [2.24, 2.45) is 11.7 Å². The summed E-state index contributed by atoms with van der Waals surface area (Å²) in [6, 6.07) is 9.43. The average Bonchev–Trinajstić information content (AvgIpc) is 2.54. The molecule has 25 heavy (non-hydrogen) atoms. The molecule has 1 aromatic carbocycles. The summed E-state index contributed by atoms with van der Waals surface area (Å²) < 4.78 is 19.4. The van der Waals surface area contributed by atoms with Gasteiger partial charge >= 0.3 is 0 Å². The fraction of sp³-hybridized carbons (Fsp3) is 0.294. The molecule has 8 heteroatoms. The quantitative estimate of drug-likeness (QED) is 0.791. The maximum absolute atomic E-state index is 14.0. The van der Waals surface area contributed by atoms with Gasteiger partial charge in [-0.15, -0.1) is 24.8 Å². The molecule has 0 aliphatic rings. The molecule has 2 atom stereocenters. The number of hydrogen-bond acceptors (Lipinski definition) is 4. The predicted molar refractivity (Wildman–Crippen MR) is 101 cm³/mol. The van der Waals surface area contributed by atoms with Crippen LogP contribution >= 0.6 is 24.8 Å². The zero-order valence-electron chi connectivity index (χ0n) is 13.9. The monoisotopic (exact) mass is 389 g/mol. The molecular weight excluding hydrogens is 368 g/mol. The van der Waals surface area contributed by atoms with Gasteiger partial charge in [0.1, 0.15) is 6.61 Å². The number of anilines is 1. The Labute approximate surface area is 159 Å². The number of carbonyl (C=O) groups is 1. The molecule has 0 aliphatic carbocycles. The van der Waals surface area contributed by atoms with Crippen molar-refractivity contribution in [2.45, 2.75) is 26.5 Å². The van der Waals surface area contributed by atoms with Gasteiger partial charge in [0, 0.05) is 24.0 Å². The van der Waals surface area contributed by atoms with Crippen molar-refractivity contribution in [3.8, 4) is 5.75 Å². The summed E-state index contributed by atoms with van der Waals surface area (Å²) in [6.07, 6.45) is 1.65. The molecule has 0 saturated heterocycles. The van der Waals surface area contributed by atoms with E-state index in [1.54, 1.807) is 38.2 Å². The smallest absolute Gasteiger partial charge is 0.228 e. The van der Waals surface area contributed by atoms with Gasteiger partial charge < -0.3 is 15.8 Å².